The van der Waals surface area contributed by atoms with Crippen LogP contribution in [0.15, 0.2) is 66.3 Å². The summed E-state index contributed by atoms with van der Waals surface area (Å²) in [4.78, 5) is 9.82. The maximum atomic E-state index is 5.38. The molecule has 198 valence electrons. The van der Waals surface area contributed by atoms with E-state index in [9.17, 15) is 0 Å². The van der Waals surface area contributed by atoms with Gasteiger partial charge in [0.15, 0.2) is 0 Å². The molecule has 0 amide bonds. The Balaban J connectivity index is 1.59. The summed E-state index contributed by atoms with van der Waals surface area (Å²) in [6, 6.07) is 16.1. The smallest absolute Gasteiger partial charge is 0.0712 e. The second-order valence-corrected chi connectivity index (χ2v) is 14.2. The molecular formula is C36H38N2S. The zero-order valence-electron chi connectivity index (χ0n) is 24.4. The quantitative estimate of drug-likeness (QED) is 0.231. The van der Waals surface area contributed by atoms with Gasteiger partial charge in [-0.1, -0.05) is 66.7 Å². The van der Waals surface area contributed by atoms with Crippen LogP contribution in [0, 0.1) is 5.92 Å². The zero-order valence-corrected chi connectivity index (χ0v) is 25.3. The highest BCUT2D eigenvalue weighted by atomic mass is 32.1. The first kappa shape index (κ1) is 26.0. The van der Waals surface area contributed by atoms with Crippen molar-refractivity contribution in [2.75, 3.05) is 0 Å². The summed E-state index contributed by atoms with van der Waals surface area (Å²) in [7, 11) is 0. The summed E-state index contributed by atoms with van der Waals surface area (Å²) in [5.74, 6) is 0.652. The molecule has 5 aromatic rings. The number of thiophene rings is 1. The molecule has 0 aliphatic heterocycles. The predicted molar refractivity (Wildman–Crippen MR) is 170 cm³/mol. The second-order valence-electron chi connectivity index (χ2n) is 13.3. The highest BCUT2D eigenvalue weighted by Gasteiger charge is 2.33. The minimum absolute atomic E-state index is 0.00777. The van der Waals surface area contributed by atoms with Crippen LogP contribution in [0.25, 0.3) is 48.8 Å². The van der Waals surface area contributed by atoms with Crippen LogP contribution in [0.5, 0.6) is 0 Å². The van der Waals surface area contributed by atoms with Crippen molar-refractivity contribution < 1.29 is 0 Å². The van der Waals surface area contributed by atoms with Crippen molar-refractivity contribution in [3.63, 3.8) is 0 Å². The molecule has 0 bridgehead atoms. The van der Waals surface area contributed by atoms with E-state index in [1.54, 1.807) is 0 Å². The SMILES string of the molecule is CC1=CC(C)(C)c2nc(-c3cc(C(C)(C)C)c4cnccc4c3)cc(-c3ccc4c(CC(C)C)csc4c3)c21. The van der Waals surface area contributed by atoms with Crippen molar-refractivity contribution >= 4 is 37.8 Å². The number of rotatable bonds is 4. The molecule has 0 saturated carbocycles. The maximum absolute atomic E-state index is 5.38. The molecule has 0 N–H and O–H groups in total. The van der Waals surface area contributed by atoms with Crippen molar-refractivity contribution in [3.8, 4) is 22.4 Å². The number of benzene rings is 2. The fourth-order valence-corrected chi connectivity index (χ4v) is 7.30. The lowest BCUT2D eigenvalue weighted by atomic mass is 9.82. The Kier molecular flexibility index (Phi) is 6.07. The molecule has 2 aromatic carbocycles. The normalized spacial score (nSPS) is 14.8. The van der Waals surface area contributed by atoms with Crippen molar-refractivity contribution in [3.05, 3.63) is 88.7 Å². The first-order valence-electron chi connectivity index (χ1n) is 14.1. The third-order valence-corrected chi connectivity index (χ3v) is 9.05. The molecule has 6 rings (SSSR count). The summed E-state index contributed by atoms with van der Waals surface area (Å²) in [6.07, 6.45) is 7.40. The van der Waals surface area contributed by atoms with Crippen LogP contribution < -0.4 is 0 Å². The lowest BCUT2D eigenvalue weighted by Crippen LogP contribution is -2.15. The molecule has 1 aliphatic rings. The monoisotopic (exact) mass is 530 g/mol. The van der Waals surface area contributed by atoms with Gasteiger partial charge in [-0.2, -0.15) is 0 Å². The molecule has 2 nitrogen and oxygen atoms in total. The second kappa shape index (κ2) is 9.13. The fourth-order valence-electron chi connectivity index (χ4n) is 6.28. The van der Waals surface area contributed by atoms with Crippen LogP contribution in [0.2, 0.25) is 0 Å². The van der Waals surface area contributed by atoms with Gasteiger partial charge in [-0.15, -0.1) is 11.3 Å². The van der Waals surface area contributed by atoms with Gasteiger partial charge in [-0.05, 0) is 99.0 Å². The van der Waals surface area contributed by atoms with Crippen LogP contribution >= 0.6 is 11.3 Å². The molecule has 3 heteroatoms. The number of hydrogen-bond donors (Lipinski definition) is 0. The molecule has 39 heavy (non-hydrogen) atoms. The number of aromatic nitrogens is 2. The molecule has 3 heterocycles. The largest absolute Gasteiger partial charge is 0.264 e. The van der Waals surface area contributed by atoms with Gasteiger partial charge in [0, 0.05) is 39.0 Å². The predicted octanol–water partition coefficient (Wildman–Crippen LogP) is 10.4. The van der Waals surface area contributed by atoms with Crippen molar-refractivity contribution in [1.82, 2.24) is 9.97 Å². The molecule has 0 spiro atoms. The van der Waals surface area contributed by atoms with E-state index in [2.05, 4.69) is 114 Å². The van der Waals surface area contributed by atoms with E-state index in [-0.39, 0.29) is 10.8 Å². The average Bonchev–Trinajstić information content (AvgIpc) is 3.38. The third-order valence-electron chi connectivity index (χ3n) is 8.06. The van der Waals surface area contributed by atoms with E-state index in [0.29, 0.717) is 5.92 Å². The highest BCUT2D eigenvalue weighted by molar-refractivity contribution is 7.17. The lowest BCUT2D eigenvalue weighted by Gasteiger charge is -2.24. The standard InChI is InChI=1S/C36H38N2S/c1-21(2)13-26-20-39-32-16-23(9-10-27(26)32)28-17-31(38-34-33(28)22(3)18-36(34,7)8)25-14-24-11-12-37-19-29(24)30(15-25)35(4,5)6/h9-12,14-21H,13H2,1-8H3. The summed E-state index contributed by atoms with van der Waals surface area (Å²) >= 11 is 1.87. The summed E-state index contributed by atoms with van der Waals surface area (Å²) < 4.78 is 1.36. The molecule has 0 unspecified atom stereocenters. The third kappa shape index (κ3) is 4.51. The van der Waals surface area contributed by atoms with Gasteiger partial charge in [0.1, 0.15) is 0 Å². The summed E-state index contributed by atoms with van der Waals surface area (Å²) in [6.45, 7) is 18.2. The van der Waals surface area contributed by atoms with Gasteiger partial charge >= 0.3 is 0 Å². The van der Waals surface area contributed by atoms with E-state index in [0.717, 1.165) is 12.1 Å². The van der Waals surface area contributed by atoms with Crippen LogP contribution in [0.3, 0.4) is 0 Å². The zero-order chi connectivity index (χ0) is 27.7. The van der Waals surface area contributed by atoms with Crippen LogP contribution in [0.1, 0.15) is 77.8 Å². The highest BCUT2D eigenvalue weighted by Crippen LogP contribution is 2.46. The minimum Gasteiger partial charge on any atom is -0.264 e. The van der Waals surface area contributed by atoms with Gasteiger partial charge in [0.25, 0.3) is 0 Å². The number of fused-ring (bicyclic) bond motifs is 3. The first-order valence-corrected chi connectivity index (χ1v) is 14.9. The Hall–Kier alpha value is -3.30. The molecule has 0 saturated heterocycles. The summed E-state index contributed by atoms with van der Waals surface area (Å²) in [5, 5.41) is 6.17. The first-order chi connectivity index (χ1) is 18.4. The Labute approximate surface area is 236 Å². The van der Waals surface area contributed by atoms with Gasteiger partial charge in [-0.25, -0.2) is 0 Å². The molecule has 3 aromatic heterocycles. The van der Waals surface area contributed by atoms with Gasteiger partial charge in [0.05, 0.1) is 11.4 Å². The number of nitrogens with zero attached hydrogens (tertiary/aromatic N) is 2. The van der Waals surface area contributed by atoms with Gasteiger partial charge in [0.2, 0.25) is 0 Å². The van der Waals surface area contributed by atoms with Crippen LogP contribution in [-0.2, 0) is 17.3 Å². The van der Waals surface area contributed by atoms with Crippen molar-refractivity contribution in [2.45, 2.75) is 72.6 Å². The lowest BCUT2D eigenvalue weighted by molar-refractivity contribution is 0.596. The van der Waals surface area contributed by atoms with Gasteiger partial charge in [-0.3, -0.25) is 9.97 Å². The van der Waals surface area contributed by atoms with E-state index >= 15 is 0 Å². The topological polar surface area (TPSA) is 25.8 Å². The van der Waals surface area contributed by atoms with E-state index in [1.807, 2.05) is 23.7 Å². The van der Waals surface area contributed by atoms with Crippen molar-refractivity contribution in [2.24, 2.45) is 5.92 Å². The van der Waals surface area contributed by atoms with E-state index in [1.165, 1.54) is 65.5 Å². The van der Waals surface area contributed by atoms with Crippen molar-refractivity contribution in [1.29, 1.82) is 0 Å². The molecule has 0 fully saturated rings. The maximum Gasteiger partial charge on any atom is 0.0712 e. The Morgan fingerprint density at radius 2 is 1.74 bits per heavy atom. The Morgan fingerprint density at radius 1 is 0.949 bits per heavy atom. The minimum atomic E-state index is -0.116. The number of allylic oxidation sites excluding steroid dienone is 2. The summed E-state index contributed by atoms with van der Waals surface area (Å²) in [5.41, 5.74) is 11.2. The van der Waals surface area contributed by atoms with Gasteiger partial charge < -0.3 is 0 Å². The van der Waals surface area contributed by atoms with Crippen LogP contribution in [0.4, 0.5) is 0 Å². The molecule has 0 atom stereocenters. The number of hydrogen-bond acceptors (Lipinski definition) is 3. The van der Waals surface area contributed by atoms with Crippen LogP contribution in [-0.4, -0.2) is 9.97 Å². The Morgan fingerprint density at radius 3 is 2.49 bits per heavy atom. The Bertz CT molecular complexity index is 1780. The fraction of sp³-hybridized carbons (Fsp3) is 0.333. The average molecular weight is 531 g/mol. The molecule has 0 radical (unpaired) electrons. The molecule has 1 aliphatic carbocycles. The van der Waals surface area contributed by atoms with E-state index < -0.39 is 0 Å². The number of pyridine rings is 2. The molecular weight excluding hydrogens is 492 g/mol. The van der Waals surface area contributed by atoms with E-state index in [4.69, 9.17) is 4.98 Å².